The van der Waals surface area contributed by atoms with Gasteiger partial charge in [-0.15, -0.1) is 0 Å². The van der Waals surface area contributed by atoms with Crippen LogP contribution < -0.4 is 9.47 Å². The Balaban J connectivity index is 2.32. The molecule has 0 aliphatic carbocycles. The number of hydrogen-bond acceptors (Lipinski definition) is 5. The van der Waals surface area contributed by atoms with Crippen molar-refractivity contribution in [2.45, 2.75) is 6.92 Å². The highest BCUT2D eigenvalue weighted by Gasteiger charge is 2.24. The summed E-state index contributed by atoms with van der Waals surface area (Å²) in [4.78, 5) is 22.9. The van der Waals surface area contributed by atoms with E-state index in [0.29, 0.717) is 0 Å². The minimum atomic E-state index is -1.02. The summed E-state index contributed by atoms with van der Waals surface area (Å²) >= 11 is 0. The third-order valence-corrected chi connectivity index (χ3v) is 2.32. The van der Waals surface area contributed by atoms with Gasteiger partial charge in [0, 0.05) is 5.56 Å². The molecule has 0 bridgehead atoms. The standard InChI is InChI=1S/C12H11FO5/c1-2-16-12(15)10(14)7-5-8(13)11-9(6-7)17-3-4-18-11/h5-6H,2-4H2,1H3. The topological polar surface area (TPSA) is 61.8 Å². The summed E-state index contributed by atoms with van der Waals surface area (Å²) in [5.41, 5.74) is -0.116. The second-order valence-electron chi connectivity index (χ2n) is 3.53. The van der Waals surface area contributed by atoms with Gasteiger partial charge in [-0.25, -0.2) is 9.18 Å². The molecule has 96 valence electrons. The van der Waals surface area contributed by atoms with Crippen LogP contribution in [0.3, 0.4) is 0 Å². The molecule has 1 heterocycles. The summed E-state index contributed by atoms with van der Waals surface area (Å²) in [6, 6.07) is 2.21. The quantitative estimate of drug-likeness (QED) is 0.463. The first kappa shape index (κ1) is 12.3. The summed E-state index contributed by atoms with van der Waals surface area (Å²) in [5.74, 6) is -2.59. The van der Waals surface area contributed by atoms with Crippen molar-refractivity contribution >= 4 is 11.8 Å². The second kappa shape index (κ2) is 5.03. The maximum atomic E-state index is 13.6. The third kappa shape index (κ3) is 2.27. The van der Waals surface area contributed by atoms with Crippen molar-refractivity contribution in [3.05, 3.63) is 23.5 Å². The fourth-order valence-electron chi connectivity index (χ4n) is 1.56. The van der Waals surface area contributed by atoms with Gasteiger partial charge in [0.1, 0.15) is 13.2 Å². The summed E-state index contributed by atoms with van der Waals surface area (Å²) in [6.45, 7) is 2.17. The lowest BCUT2D eigenvalue weighted by Gasteiger charge is -2.19. The van der Waals surface area contributed by atoms with E-state index in [1.807, 2.05) is 0 Å². The average molecular weight is 254 g/mol. The molecule has 6 heteroatoms. The Kier molecular flexibility index (Phi) is 3.45. The summed E-state index contributed by atoms with van der Waals surface area (Å²) in [7, 11) is 0. The van der Waals surface area contributed by atoms with Gasteiger partial charge in [-0.2, -0.15) is 0 Å². The van der Waals surface area contributed by atoms with Crippen LogP contribution in [0.25, 0.3) is 0 Å². The van der Waals surface area contributed by atoms with E-state index in [2.05, 4.69) is 4.74 Å². The first-order valence-corrected chi connectivity index (χ1v) is 5.44. The Labute approximate surface area is 102 Å². The van der Waals surface area contributed by atoms with Gasteiger partial charge in [0.15, 0.2) is 17.3 Å². The van der Waals surface area contributed by atoms with Gasteiger partial charge < -0.3 is 14.2 Å². The number of carbonyl (C=O) groups excluding carboxylic acids is 2. The first-order chi connectivity index (χ1) is 8.63. The molecule has 18 heavy (non-hydrogen) atoms. The Morgan fingerprint density at radius 3 is 2.78 bits per heavy atom. The van der Waals surface area contributed by atoms with Crippen molar-refractivity contribution < 1.29 is 28.2 Å². The third-order valence-electron chi connectivity index (χ3n) is 2.32. The molecule has 0 amide bonds. The highest BCUT2D eigenvalue weighted by Crippen LogP contribution is 2.34. The minimum Gasteiger partial charge on any atom is -0.486 e. The molecule has 1 aliphatic rings. The summed E-state index contributed by atoms with van der Waals surface area (Å²) in [6.07, 6.45) is 0. The molecule has 1 aliphatic heterocycles. The van der Waals surface area contributed by atoms with E-state index in [9.17, 15) is 14.0 Å². The Morgan fingerprint density at radius 1 is 1.33 bits per heavy atom. The second-order valence-corrected chi connectivity index (χ2v) is 3.53. The molecule has 1 aromatic carbocycles. The maximum absolute atomic E-state index is 13.6. The predicted molar refractivity (Wildman–Crippen MR) is 58.4 cm³/mol. The smallest absolute Gasteiger partial charge is 0.379 e. The molecule has 0 saturated heterocycles. The molecule has 0 unspecified atom stereocenters. The predicted octanol–water partition coefficient (Wildman–Crippen LogP) is 1.34. The number of hydrogen-bond donors (Lipinski definition) is 0. The lowest BCUT2D eigenvalue weighted by Crippen LogP contribution is -2.20. The summed E-state index contributed by atoms with van der Waals surface area (Å²) in [5, 5.41) is 0. The zero-order valence-electron chi connectivity index (χ0n) is 9.70. The monoisotopic (exact) mass is 254 g/mol. The SMILES string of the molecule is CCOC(=O)C(=O)c1cc(F)c2c(c1)OCCO2. The zero-order chi connectivity index (χ0) is 13.1. The minimum absolute atomic E-state index is 0.0401. The van der Waals surface area contributed by atoms with Gasteiger partial charge in [-0.05, 0) is 19.1 Å². The Morgan fingerprint density at radius 2 is 2.06 bits per heavy atom. The van der Waals surface area contributed by atoms with E-state index in [-0.39, 0.29) is 36.9 Å². The molecule has 0 radical (unpaired) electrons. The van der Waals surface area contributed by atoms with Crippen molar-refractivity contribution in [3.8, 4) is 11.5 Å². The number of ketones is 1. The fourth-order valence-corrected chi connectivity index (χ4v) is 1.56. The van der Waals surface area contributed by atoms with Crippen LogP contribution in [-0.4, -0.2) is 31.6 Å². The number of Topliss-reactive ketones (excluding diaryl/α,β-unsaturated/α-hetero) is 1. The number of halogens is 1. The molecule has 5 nitrogen and oxygen atoms in total. The van der Waals surface area contributed by atoms with E-state index >= 15 is 0 Å². The van der Waals surface area contributed by atoms with Gasteiger partial charge >= 0.3 is 5.97 Å². The van der Waals surface area contributed by atoms with Gasteiger partial charge in [-0.3, -0.25) is 4.79 Å². The van der Waals surface area contributed by atoms with E-state index in [1.165, 1.54) is 6.07 Å². The molecule has 0 spiro atoms. The number of fused-ring (bicyclic) bond motifs is 1. The van der Waals surface area contributed by atoms with Crippen LogP contribution in [0.2, 0.25) is 0 Å². The largest absolute Gasteiger partial charge is 0.486 e. The van der Waals surface area contributed by atoms with E-state index in [1.54, 1.807) is 6.92 Å². The van der Waals surface area contributed by atoms with Crippen LogP contribution in [0.15, 0.2) is 12.1 Å². The summed E-state index contributed by atoms with van der Waals surface area (Å²) < 4.78 is 28.4. The van der Waals surface area contributed by atoms with E-state index < -0.39 is 17.6 Å². The number of ether oxygens (including phenoxy) is 3. The molecule has 0 fully saturated rings. The van der Waals surface area contributed by atoms with E-state index in [0.717, 1.165) is 6.07 Å². The highest BCUT2D eigenvalue weighted by atomic mass is 19.1. The molecule has 0 aromatic heterocycles. The first-order valence-electron chi connectivity index (χ1n) is 5.44. The number of benzene rings is 1. The van der Waals surface area contributed by atoms with Crippen molar-refractivity contribution in [1.29, 1.82) is 0 Å². The number of esters is 1. The van der Waals surface area contributed by atoms with Crippen LogP contribution in [0.5, 0.6) is 11.5 Å². The number of carbonyl (C=O) groups is 2. The van der Waals surface area contributed by atoms with Crippen LogP contribution in [-0.2, 0) is 9.53 Å². The Bertz CT molecular complexity index is 497. The fraction of sp³-hybridized carbons (Fsp3) is 0.333. The molecule has 0 N–H and O–H groups in total. The lowest BCUT2D eigenvalue weighted by molar-refractivity contribution is -0.137. The van der Waals surface area contributed by atoms with Crippen LogP contribution in [0.4, 0.5) is 4.39 Å². The average Bonchev–Trinajstić information content (AvgIpc) is 2.38. The zero-order valence-corrected chi connectivity index (χ0v) is 9.70. The number of rotatable bonds is 3. The molecular formula is C12H11FO5. The van der Waals surface area contributed by atoms with Crippen molar-refractivity contribution in [3.63, 3.8) is 0 Å². The molecule has 2 rings (SSSR count). The molecule has 1 aromatic rings. The van der Waals surface area contributed by atoms with Gasteiger partial charge in [0.25, 0.3) is 5.78 Å². The highest BCUT2D eigenvalue weighted by molar-refractivity contribution is 6.40. The lowest BCUT2D eigenvalue weighted by atomic mass is 10.1. The van der Waals surface area contributed by atoms with Crippen molar-refractivity contribution in [1.82, 2.24) is 0 Å². The van der Waals surface area contributed by atoms with Crippen LogP contribution in [0.1, 0.15) is 17.3 Å². The van der Waals surface area contributed by atoms with Crippen LogP contribution in [0, 0.1) is 5.82 Å². The maximum Gasteiger partial charge on any atom is 0.379 e. The van der Waals surface area contributed by atoms with Gasteiger partial charge in [0.2, 0.25) is 0 Å². The Hall–Kier alpha value is -2.11. The van der Waals surface area contributed by atoms with Crippen molar-refractivity contribution in [2.75, 3.05) is 19.8 Å². The van der Waals surface area contributed by atoms with Crippen molar-refractivity contribution in [2.24, 2.45) is 0 Å². The normalized spacial score (nSPS) is 13.0. The molecule has 0 atom stereocenters. The van der Waals surface area contributed by atoms with Gasteiger partial charge in [-0.1, -0.05) is 0 Å². The van der Waals surface area contributed by atoms with Gasteiger partial charge in [0.05, 0.1) is 6.61 Å². The van der Waals surface area contributed by atoms with Crippen LogP contribution >= 0.6 is 0 Å². The molecular weight excluding hydrogens is 243 g/mol. The molecule has 0 saturated carbocycles. The van der Waals surface area contributed by atoms with E-state index in [4.69, 9.17) is 9.47 Å².